The van der Waals surface area contributed by atoms with Crippen molar-refractivity contribution in [3.05, 3.63) is 48.5 Å². The quantitative estimate of drug-likeness (QED) is 0.390. The molecule has 2 aromatic rings. The normalized spacial score (nSPS) is 18.5. The Labute approximate surface area is 196 Å². The molecule has 2 fully saturated rings. The van der Waals surface area contributed by atoms with Crippen LogP contribution in [0.15, 0.2) is 53.3 Å². The number of methoxy groups -OCH3 is 2. The van der Waals surface area contributed by atoms with Crippen molar-refractivity contribution in [2.45, 2.75) is 75.5 Å². The van der Waals surface area contributed by atoms with Crippen LogP contribution >= 0.6 is 14.4 Å². The first-order chi connectivity index (χ1) is 15.8. The van der Waals surface area contributed by atoms with E-state index in [2.05, 4.69) is 55.6 Å². The first kappa shape index (κ1) is 23.8. The van der Waals surface area contributed by atoms with Crippen LogP contribution in [0.4, 0.5) is 0 Å². The number of benzene rings is 2. The molecule has 174 valence electrons. The second kappa shape index (κ2) is 11.2. The molecule has 0 unspecified atom stereocenters. The van der Waals surface area contributed by atoms with E-state index in [4.69, 9.17) is 14.2 Å². The molecule has 0 bridgehead atoms. The van der Waals surface area contributed by atoms with Gasteiger partial charge in [0, 0.05) is 17.7 Å². The largest absolute Gasteiger partial charge is 0.496 e. The van der Waals surface area contributed by atoms with Gasteiger partial charge in [0.2, 0.25) is 0 Å². The van der Waals surface area contributed by atoms with Crippen molar-refractivity contribution in [1.82, 2.24) is 0 Å². The highest BCUT2D eigenvalue weighted by molar-refractivity contribution is 8.40. The highest BCUT2D eigenvalue weighted by Crippen LogP contribution is 2.83. The van der Waals surface area contributed by atoms with E-state index in [0.29, 0.717) is 0 Å². The Morgan fingerprint density at radius 3 is 1.47 bits per heavy atom. The van der Waals surface area contributed by atoms with Gasteiger partial charge in [0.1, 0.15) is 11.5 Å². The van der Waals surface area contributed by atoms with Crippen LogP contribution in [0.5, 0.6) is 11.5 Å². The van der Waals surface area contributed by atoms with Crippen LogP contribution in [0.3, 0.4) is 0 Å². The second-order valence-electron chi connectivity index (χ2n) is 9.11. The maximum absolute atomic E-state index is 6.01. The molecule has 4 rings (SSSR count). The third-order valence-electron chi connectivity index (χ3n) is 7.36. The maximum atomic E-state index is 6.01. The summed E-state index contributed by atoms with van der Waals surface area (Å²) in [7, 11) is 5.36. The average molecular weight is 472 g/mol. The first-order valence-electron chi connectivity index (χ1n) is 12.3. The van der Waals surface area contributed by atoms with Crippen molar-refractivity contribution in [2.75, 3.05) is 21.3 Å². The third kappa shape index (κ3) is 4.53. The Morgan fingerprint density at radius 2 is 1.09 bits per heavy atom. The minimum atomic E-state index is -2.10. The monoisotopic (exact) mass is 471 g/mol. The van der Waals surface area contributed by atoms with E-state index in [1.54, 1.807) is 0 Å². The van der Waals surface area contributed by atoms with Gasteiger partial charge in [-0.1, -0.05) is 62.8 Å². The summed E-state index contributed by atoms with van der Waals surface area (Å²) < 4.78 is 17.5. The van der Waals surface area contributed by atoms with Crippen molar-refractivity contribution in [3.63, 3.8) is 0 Å². The summed E-state index contributed by atoms with van der Waals surface area (Å²) in [6.07, 6.45) is 13.7. The standard InChI is InChI=1S/C27H39NO2P2/c1-28-32(26-20-12-10-18-24(26)29-2,27-21-13-11-19-25(27)30-3)31(22-14-6-4-7-15-22)23-16-8-5-9-17-23/h10-13,18-23H,4-9,14-17H2,1-3H3. The topological polar surface area (TPSA) is 30.8 Å². The van der Waals surface area contributed by atoms with Gasteiger partial charge in [0.25, 0.3) is 0 Å². The summed E-state index contributed by atoms with van der Waals surface area (Å²) in [6.45, 7) is -2.10. The van der Waals surface area contributed by atoms with Gasteiger partial charge in [0.15, 0.2) is 0 Å². The molecule has 3 nitrogen and oxygen atoms in total. The van der Waals surface area contributed by atoms with Crippen molar-refractivity contribution >= 4 is 25.0 Å². The number of nitrogens with zero attached hydrogens (tertiary/aromatic N) is 1. The van der Waals surface area contributed by atoms with Crippen LogP contribution in [-0.2, 0) is 0 Å². The Kier molecular flexibility index (Phi) is 8.36. The minimum absolute atomic E-state index is 0.357. The molecule has 2 aromatic carbocycles. The van der Waals surface area contributed by atoms with Crippen molar-refractivity contribution in [3.8, 4) is 11.5 Å². The lowest BCUT2D eigenvalue weighted by molar-refractivity contribution is 0.417. The molecule has 0 amide bonds. The summed E-state index contributed by atoms with van der Waals surface area (Å²) in [5.74, 6) is 1.99. The van der Waals surface area contributed by atoms with Crippen LogP contribution in [0.25, 0.3) is 0 Å². The van der Waals surface area contributed by atoms with Gasteiger partial charge in [-0.3, -0.25) is 4.74 Å². The molecule has 2 saturated carbocycles. The molecule has 0 spiro atoms. The van der Waals surface area contributed by atoms with E-state index in [0.717, 1.165) is 22.8 Å². The van der Waals surface area contributed by atoms with Gasteiger partial charge in [-0.15, -0.1) is 0 Å². The molecular weight excluding hydrogens is 432 g/mol. The molecule has 0 aromatic heterocycles. The number of hydrogen-bond acceptors (Lipinski definition) is 3. The van der Waals surface area contributed by atoms with E-state index in [1.807, 2.05) is 14.2 Å². The fraction of sp³-hybridized carbons (Fsp3) is 0.556. The maximum Gasteiger partial charge on any atom is 0.128 e. The molecule has 0 saturated heterocycles. The highest BCUT2D eigenvalue weighted by Gasteiger charge is 2.45. The third-order valence-corrected chi connectivity index (χ3v) is 19.0. The SMILES string of the molecule is CN=P(c1ccccc1OC)(c1ccccc1OC)P(C1CCCCC1)C1CCCCC1. The zero-order valence-electron chi connectivity index (χ0n) is 20.0. The average Bonchev–Trinajstić information content (AvgIpc) is 2.88. The summed E-state index contributed by atoms with van der Waals surface area (Å²) in [5, 5.41) is 2.66. The van der Waals surface area contributed by atoms with Crippen molar-refractivity contribution in [1.29, 1.82) is 0 Å². The van der Waals surface area contributed by atoms with Gasteiger partial charge in [0.05, 0.1) is 21.0 Å². The number of hydrogen-bond donors (Lipinski definition) is 0. The summed E-state index contributed by atoms with van der Waals surface area (Å²) in [5.41, 5.74) is 1.57. The van der Waals surface area contributed by atoms with E-state index in [9.17, 15) is 0 Å². The Hall–Kier alpha value is -1.30. The Bertz CT molecular complexity index is 863. The number of para-hydroxylation sites is 2. The number of ether oxygens (including phenoxy) is 2. The summed E-state index contributed by atoms with van der Waals surface area (Å²) in [6, 6.07) is 17.5. The van der Waals surface area contributed by atoms with Gasteiger partial charge in [-0.25, -0.2) is 0 Å². The first-order valence-corrected chi connectivity index (χ1v) is 16.3. The van der Waals surface area contributed by atoms with E-state index >= 15 is 0 Å². The fourth-order valence-electron chi connectivity index (χ4n) is 5.93. The van der Waals surface area contributed by atoms with Gasteiger partial charge in [-0.2, -0.15) is 0 Å². The molecular formula is C27H39NO2P2. The lowest BCUT2D eigenvalue weighted by Crippen LogP contribution is -2.28. The smallest absolute Gasteiger partial charge is 0.128 e. The van der Waals surface area contributed by atoms with Crippen LogP contribution < -0.4 is 20.1 Å². The van der Waals surface area contributed by atoms with E-state index < -0.39 is 6.74 Å². The molecule has 32 heavy (non-hydrogen) atoms. The lowest BCUT2D eigenvalue weighted by Gasteiger charge is -2.46. The Balaban J connectivity index is 2.01. The molecule has 0 N–H and O–H groups in total. The minimum Gasteiger partial charge on any atom is -0.496 e. The Morgan fingerprint density at radius 1 is 0.688 bits per heavy atom. The molecule has 0 atom stereocenters. The lowest BCUT2D eigenvalue weighted by atomic mass is 10.00. The van der Waals surface area contributed by atoms with E-state index in [1.165, 1.54) is 74.8 Å². The molecule has 0 aliphatic heterocycles. The van der Waals surface area contributed by atoms with Crippen molar-refractivity contribution in [2.24, 2.45) is 4.74 Å². The molecule has 2 aliphatic rings. The fourth-order valence-corrected chi connectivity index (χ4v) is 19.5. The molecule has 5 heteroatoms. The van der Waals surface area contributed by atoms with Gasteiger partial charge >= 0.3 is 0 Å². The van der Waals surface area contributed by atoms with E-state index in [-0.39, 0.29) is 7.61 Å². The molecule has 2 aliphatic carbocycles. The second-order valence-corrected chi connectivity index (χ2v) is 17.0. The summed E-state index contributed by atoms with van der Waals surface area (Å²) in [4.78, 5) is 0. The highest BCUT2D eigenvalue weighted by atomic mass is 32.1. The predicted molar refractivity (Wildman–Crippen MR) is 141 cm³/mol. The predicted octanol–water partition coefficient (Wildman–Crippen LogP) is 7.55. The van der Waals surface area contributed by atoms with Crippen LogP contribution in [0.1, 0.15) is 64.2 Å². The summed E-state index contributed by atoms with van der Waals surface area (Å²) >= 11 is 0. The van der Waals surface area contributed by atoms with Crippen LogP contribution in [0, 0.1) is 0 Å². The van der Waals surface area contributed by atoms with Gasteiger partial charge in [-0.05, 0) is 68.9 Å². The molecule has 0 radical (unpaired) electrons. The zero-order valence-corrected chi connectivity index (χ0v) is 21.8. The van der Waals surface area contributed by atoms with Crippen LogP contribution in [0.2, 0.25) is 0 Å². The van der Waals surface area contributed by atoms with Crippen molar-refractivity contribution < 1.29 is 9.47 Å². The van der Waals surface area contributed by atoms with Crippen LogP contribution in [-0.4, -0.2) is 32.6 Å². The zero-order chi connectivity index (χ0) is 22.4. The van der Waals surface area contributed by atoms with Gasteiger partial charge < -0.3 is 9.47 Å². The molecule has 0 heterocycles. The number of rotatable bonds is 7.